The lowest BCUT2D eigenvalue weighted by Gasteiger charge is -2.35. The molecule has 1 aromatic rings. The first-order valence-electron chi connectivity index (χ1n) is 6.00. The van der Waals surface area contributed by atoms with E-state index in [1.807, 2.05) is 0 Å². The van der Waals surface area contributed by atoms with E-state index >= 15 is 0 Å². The van der Waals surface area contributed by atoms with Gasteiger partial charge >= 0.3 is 12.2 Å². The first-order chi connectivity index (χ1) is 8.80. The third-order valence-corrected chi connectivity index (χ3v) is 3.25. The standard InChI is InChI=1S/C11H15F3N4O/c1-7-6-8(11(12,13)14)16-18(7)9-4-2-3-5-17(9)10(15)19/h6,9H,2-5H2,1H3,(H2,15,19). The van der Waals surface area contributed by atoms with Crippen LogP contribution < -0.4 is 5.73 Å². The van der Waals surface area contributed by atoms with E-state index in [0.717, 1.165) is 18.9 Å². The topological polar surface area (TPSA) is 64.2 Å². The minimum atomic E-state index is -4.48. The van der Waals surface area contributed by atoms with Crippen LogP contribution in [0.3, 0.4) is 0 Å². The number of primary amides is 1. The molecule has 1 saturated heterocycles. The van der Waals surface area contributed by atoms with E-state index in [1.54, 1.807) is 0 Å². The van der Waals surface area contributed by atoms with Crippen molar-refractivity contribution in [3.63, 3.8) is 0 Å². The van der Waals surface area contributed by atoms with Crippen molar-refractivity contribution in [3.8, 4) is 0 Å². The van der Waals surface area contributed by atoms with Gasteiger partial charge in [-0.15, -0.1) is 0 Å². The number of piperidine rings is 1. The number of rotatable bonds is 1. The summed E-state index contributed by atoms with van der Waals surface area (Å²) in [7, 11) is 0. The number of nitrogens with zero attached hydrogens (tertiary/aromatic N) is 3. The van der Waals surface area contributed by atoms with Gasteiger partial charge in [0.2, 0.25) is 0 Å². The Hall–Kier alpha value is -1.73. The number of carbonyl (C=O) groups excluding carboxylic acids is 1. The normalized spacial score (nSPS) is 20.6. The van der Waals surface area contributed by atoms with Gasteiger partial charge in [0.1, 0.15) is 6.17 Å². The number of hydrogen-bond donors (Lipinski definition) is 1. The summed E-state index contributed by atoms with van der Waals surface area (Å²) in [5.74, 6) is 0. The molecule has 0 aromatic carbocycles. The first kappa shape index (κ1) is 13.7. The fourth-order valence-electron chi connectivity index (χ4n) is 2.35. The summed E-state index contributed by atoms with van der Waals surface area (Å²) < 4.78 is 39.1. The fourth-order valence-corrected chi connectivity index (χ4v) is 2.35. The summed E-state index contributed by atoms with van der Waals surface area (Å²) in [5.41, 5.74) is 4.68. The lowest BCUT2D eigenvalue weighted by molar-refractivity contribution is -0.141. The van der Waals surface area contributed by atoms with Crippen LogP contribution in [-0.2, 0) is 6.18 Å². The average Bonchev–Trinajstić information content (AvgIpc) is 2.71. The van der Waals surface area contributed by atoms with Crippen LogP contribution in [-0.4, -0.2) is 27.3 Å². The van der Waals surface area contributed by atoms with Crippen molar-refractivity contribution in [2.75, 3.05) is 6.54 Å². The van der Waals surface area contributed by atoms with Crippen molar-refractivity contribution < 1.29 is 18.0 Å². The third-order valence-electron chi connectivity index (χ3n) is 3.25. The molecule has 0 spiro atoms. The second-order valence-electron chi connectivity index (χ2n) is 4.62. The fraction of sp³-hybridized carbons (Fsp3) is 0.636. The van der Waals surface area contributed by atoms with Gasteiger partial charge in [-0.1, -0.05) is 0 Å². The Labute approximate surface area is 108 Å². The van der Waals surface area contributed by atoms with Gasteiger partial charge in [-0.25, -0.2) is 9.48 Å². The van der Waals surface area contributed by atoms with Crippen LogP contribution >= 0.6 is 0 Å². The molecule has 5 nitrogen and oxygen atoms in total. The predicted octanol–water partition coefficient (Wildman–Crippen LogP) is 2.27. The van der Waals surface area contributed by atoms with Crippen molar-refractivity contribution in [2.45, 2.75) is 38.5 Å². The van der Waals surface area contributed by atoms with Gasteiger partial charge in [-0.3, -0.25) is 0 Å². The number of halogens is 3. The summed E-state index contributed by atoms with van der Waals surface area (Å²) in [6.45, 7) is 1.98. The molecule has 0 saturated carbocycles. The van der Waals surface area contributed by atoms with E-state index in [0.29, 0.717) is 18.7 Å². The van der Waals surface area contributed by atoms with E-state index < -0.39 is 24.1 Å². The van der Waals surface area contributed by atoms with Gasteiger partial charge in [0, 0.05) is 12.2 Å². The lowest BCUT2D eigenvalue weighted by atomic mass is 10.1. The molecule has 2 rings (SSSR count). The number of amides is 2. The monoisotopic (exact) mass is 276 g/mol. The quantitative estimate of drug-likeness (QED) is 0.855. The van der Waals surface area contributed by atoms with Crippen LogP contribution in [0, 0.1) is 6.92 Å². The molecular weight excluding hydrogens is 261 g/mol. The van der Waals surface area contributed by atoms with Crippen molar-refractivity contribution in [1.82, 2.24) is 14.7 Å². The molecule has 106 valence electrons. The van der Waals surface area contributed by atoms with Crippen LogP contribution in [0.25, 0.3) is 0 Å². The maximum Gasteiger partial charge on any atom is 0.435 e. The zero-order chi connectivity index (χ0) is 14.2. The van der Waals surface area contributed by atoms with Crippen LogP contribution in [0.5, 0.6) is 0 Å². The second kappa shape index (κ2) is 4.75. The van der Waals surface area contributed by atoms with E-state index in [2.05, 4.69) is 5.10 Å². The number of nitrogens with two attached hydrogens (primary N) is 1. The molecule has 1 aliphatic rings. The minimum Gasteiger partial charge on any atom is -0.351 e. The van der Waals surface area contributed by atoms with Crippen LogP contribution in [0.1, 0.15) is 36.8 Å². The highest BCUT2D eigenvalue weighted by Gasteiger charge is 2.36. The SMILES string of the molecule is Cc1cc(C(F)(F)F)nn1C1CCCCN1C(N)=O. The molecule has 1 aliphatic heterocycles. The minimum absolute atomic E-state index is 0.366. The summed E-state index contributed by atoms with van der Waals surface area (Å²) in [6.07, 6.45) is -2.83. The Morgan fingerprint density at radius 1 is 1.47 bits per heavy atom. The number of urea groups is 1. The van der Waals surface area contributed by atoms with Crippen molar-refractivity contribution in [2.24, 2.45) is 5.73 Å². The first-order valence-corrected chi connectivity index (χ1v) is 6.00. The molecular formula is C11H15F3N4O. The van der Waals surface area contributed by atoms with Gasteiger partial charge in [0.05, 0.1) is 0 Å². The molecule has 0 bridgehead atoms. The number of aromatic nitrogens is 2. The summed E-state index contributed by atoms with van der Waals surface area (Å²) in [6, 6.07) is 0.349. The van der Waals surface area contributed by atoms with Crippen molar-refractivity contribution in [3.05, 3.63) is 17.5 Å². The van der Waals surface area contributed by atoms with Crippen LogP contribution in [0.4, 0.5) is 18.0 Å². The molecule has 8 heteroatoms. The van der Waals surface area contributed by atoms with E-state index in [4.69, 9.17) is 5.73 Å². The smallest absolute Gasteiger partial charge is 0.351 e. The van der Waals surface area contributed by atoms with Gasteiger partial charge in [-0.2, -0.15) is 18.3 Å². The van der Waals surface area contributed by atoms with Gasteiger partial charge in [0.15, 0.2) is 5.69 Å². The Morgan fingerprint density at radius 3 is 2.68 bits per heavy atom. The molecule has 0 aliphatic carbocycles. The molecule has 2 N–H and O–H groups in total. The highest BCUT2D eigenvalue weighted by Crippen LogP contribution is 2.32. The molecule has 2 heterocycles. The highest BCUT2D eigenvalue weighted by molar-refractivity contribution is 5.72. The lowest BCUT2D eigenvalue weighted by Crippen LogP contribution is -2.44. The Balaban J connectivity index is 2.34. The maximum absolute atomic E-state index is 12.6. The number of hydrogen-bond acceptors (Lipinski definition) is 2. The zero-order valence-electron chi connectivity index (χ0n) is 10.4. The second-order valence-corrected chi connectivity index (χ2v) is 4.62. The summed E-state index contributed by atoms with van der Waals surface area (Å²) in [4.78, 5) is 12.7. The largest absolute Gasteiger partial charge is 0.435 e. The summed E-state index contributed by atoms with van der Waals surface area (Å²) in [5, 5.41) is 3.58. The summed E-state index contributed by atoms with van der Waals surface area (Å²) >= 11 is 0. The van der Waals surface area contributed by atoms with Crippen molar-refractivity contribution in [1.29, 1.82) is 0 Å². The van der Waals surface area contributed by atoms with Gasteiger partial charge < -0.3 is 10.6 Å². The number of aryl methyl sites for hydroxylation is 1. The van der Waals surface area contributed by atoms with E-state index in [1.165, 1.54) is 16.5 Å². The third kappa shape index (κ3) is 2.66. The number of carbonyl (C=O) groups is 1. The van der Waals surface area contributed by atoms with Crippen molar-refractivity contribution >= 4 is 6.03 Å². The van der Waals surface area contributed by atoms with Crippen LogP contribution in [0.15, 0.2) is 6.07 Å². The predicted molar refractivity (Wildman–Crippen MR) is 61.1 cm³/mol. The van der Waals surface area contributed by atoms with Gasteiger partial charge in [-0.05, 0) is 32.3 Å². The van der Waals surface area contributed by atoms with Gasteiger partial charge in [0.25, 0.3) is 0 Å². The Kier molecular flexibility index (Phi) is 3.42. The molecule has 1 atom stereocenters. The molecule has 2 amide bonds. The zero-order valence-corrected chi connectivity index (χ0v) is 10.4. The Bertz CT molecular complexity index is 483. The highest BCUT2D eigenvalue weighted by atomic mass is 19.4. The van der Waals surface area contributed by atoms with E-state index in [9.17, 15) is 18.0 Å². The number of alkyl halides is 3. The molecule has 1 aromatic heterocycles. The molecule has 1 fully saturated rings. The Morgan fingerprint density at radius 2 is 2.16 bits per heavy atom. The average molecular weight is 276 g/mol. The molecule has 0 radical (unpaired) electrons. The maximum atomic E-state index is 12.6. The van der Waals surface area contributed by atoms with Crippen LogP contribution in [0.2, 0.25) is 0 Å². The molecule has 1 unspecified atom stereocenters. The van der Waals surface area contributed by atoms with E-state index in [-0.39, 0.29) is 0 Å². The number of likely N-dealkylation sites (tertiary alicyclic amines) is 1. The molecule has 19 heavy (non-hydrogen) atoms.